The van der Waals surface area contributed by atoms with Crippen molar-refractivity contribution in [3.8, 4) is 0 Å². The molecular formula is C10H17N3O2S. The molecule has 6 heteroatoms. The highest BCUT2D eigenvalue weighted by molar-refractivity contribution is 7.89. The molecule has 90 valence electrons. The first-order chi connectivity index (χ1) is 7.56. The molecule has 0 amide bonds. The lowest BCUT2D eigenvalue weighted by Crippen LogP contribution is -2.25. The predicted octanol–water partition coefficient (Wildman–Crippen LogP) is 0.826. The summed E-state index contributed by atoms with van der Waals surface area (Å²) in [7, 11) is -3.41. The lowest BCUT2D eigenvalue weighted by atomic mass is 10.1. The lowest BCUT2D eigenvalue weighted by molar-refractivity contribution is 0.514. The van der Waals surface area contributed by atoms with Gasteiger partial charge in [0.15, 0.2) is 5.03 Å². The Bertz CT molecular complexity index is 490. The SMILES string of the molecule is CCNS(=O)(=O)c1nc(C)n2c1CCCC2. The smallest absolute Gasteiger partial charge is 0.259 e. The summed E-state index contributed by atoms with van der Waals surface area (Å²) >= 11 is 0. The summed E-state index contributed by atoms with van der Waals surface area (Å²) in [6.07, 6.45) is 2.95. The summed E-state index contributed by atoms with van der Waals surface area (Å²) in [5.74, 6) is 0.797. The van der Waals surface area contributed by atoms with Crippen LogP contribution in [0, 0.1) is 6.92 Å². The second-order valence-corrected chi connectivity index (χ2v) is 5.70. The highest BCUT2D eigenvalue weighted by atomic mass is 32.2. The maximum absolute atomic E-state index is 11.9. The molecule has 0 atom stereocenters. The summed E-state index contributed by atoms with van der Waals surface area (Å²) in [6, 6.07) is 0. The molecule has 0 saturated carbocycles. The Balaban J connectivity index is 2.50. The molecule has 0 aromatic carbocycles. The van der Waals surface area contributed by atoms with Gasteiger partial charge in [0.1, 0.15) is 5.82 Å². The Kier molecular flexibility index (Phi) is 3.03. The molecular weight excluding hydrogens is 226 g/mol. The number of rotatable bonds is 3. The molecule has 0 spiro atoms. The fraction of sp³-hybridized carbons (Fsp3) is 0.700. The standard InChI is InChI=1S/C10H17N3O2S/c1-3-11-16(14,15)10-9-6-4-5-7-13(9)8(2)12-10/h11H,3-7H2,1-2H3. The van der Waals surface area contributed by atoms with E-state index in [0.717, 1.165) is 37.3 Å². The molecule has 2 heterocycles. The highest BCUT2D eigenvalue weighted by Gasteiger charge is 2.26. The summed E-state index contributed by atoms with van der Waals surface area (Å²) in [5, 5.41) is 0.228. The Morgan fingerprint density at radius 3 is 2.88 bits per heavy atom. The quantitative estimate of drug-likeness (QED) is 0.855. The largest absolute Gasteiger partial charge is 0.331 e. The number of fused-ring (bicyclic) bond motifs is 1. The predicted molar refractivity (Wildman–Crippen MR) is 60.8 cm³/mol. The van der Waals surface area contributed by atoms with Gasteiger partial charge in [-0.15, -0.1) is 0 Å². The van der Waals surface area contributed by atoms with Crippen molar-refractivity contribution in [1.82, 2.24) is 14.3 Å². The lowest BCUT2D eigenvalue weighted by Gasteiger charge is -2.16. The summed E-state index contributed by atoms with van der Waals surface area (Å²) < 4.78 is 28.4. The van der Waals surface area contributed by atoms with Crippen LogP contribution in [0.4, 0.5) is 0 Å². The van der Waals surface area contributed by atoms with Crippen LogP contribution in [0.3, 0.4) is 0 Å². The third-order valence-electron chi connectivity index (χ3n) is 2.86. The molecule has 16 heavy (non-hydrogen) atoms. The number of imidazole rings is 1. The zero-order valence-electron chi connectivity index (χ0n) is 9.65. The first-order valence-corrected chi connectivity index (χ1v) is 7.10. The number of sulfonamides is 1. The molecule has 1 aromatic rings. The van der Waals surface area contributed by atoms with Gasteiger partial charge >= 0.3 is 0 Å². The van der Waals surface area contributed by atoms with Gasteiger partial charge in [-0.1, -0.05) is 6.92 Å². The van der Waals surface area contributed by atoms with Gasteiger partial charge in [0.2, 0.25) is 0 Å². The second kappa shape index (κ2) is 4.18. The third kappa shape index (κ3) is 1.87. The van der Waals surface area contributed by atoms with Gasteiger partial charge in [-0.2, -0.15) is 0 Å². The van der Waals surface area contributed by atoms with Crippen LogP contribution in [-0.2, 0) is 23.0 Å². The third-order valence-corrected chi connectivity index (χ3v) is 4.37. The number of nitrogens with zero attached hydrogens (tertiary/aromatic N) is 2. The number of hydrogen-bond donors (Lipinski definition) is 1. The minimum Gasteiger partial charge on any atom is -0.331 e. The number of aromatic nitrogens is 2. The normalized spacial score (nSPS) is 16.1. The fourth-order valence-electron chi connectivity index (χ4n) is 2.16. The molecule has 5 nitrogen and oxygen atoms in total. The van der Waals surface area contributed by atoms with Gasteiger partial charge in [0.25, 0.3) is 10.0 Å². The van der Waals surface area contributed by atoms with E-state index in [4.69, 9.17) is 0 Å². The van der Waals surface area contributed by atoms with Crippen LogP contribution in [0.15, 0.2) is 5.03 Å². The van der Waals surface area contributed by atoms with E-state index in [1.165, 1.54) is 0 Å². The zero-order valence-corrected chi connectivity index (χ0v) is 10.5. The van der Waals surface area contributed by atoms with E-state index in [2.05, 4.69) is 9.71 Å². The van der Waals surface area contributed by atoms with Crippen molar-refractivity contribution in [2.45, 2.75) is 44.7 Å². The Hall–Kier alpha value is -0.880. The molecule has 2 rings (SSSR count). The molecule has 0 bridgehead atoms. The summed E-state index contributed by atoms with van der Waals surface area (Å²) in [5.41, 5.74) is 0.865. The van der Waals surface area contributed by atoms with Crippen molar-refractivity contribution < 1.29 is 8.42 Å². The number of aryl methyl sites for hydroxylation is 1. The molecule has 0 unspecified atom stereocenters. The second-order valence-electron chi connectivity index (χ2n) is 4.02. The molecule has 0 saturated heterocycles. The molecule has 1 N–H and O–H groups in total. The van der Waals surface area contributed by atoms with Crippen molar-refractivity contribution in [2.24, 2.45) is 0 Å². The van der Waals surface area contributed by atoms with Crippen molar-refractivity contribution in [3.63, 3.8) is 0 Å². The Morgan fingerprint density at radius 2 is 2.19 bits per heavy atom. The summed E-state index contributed by atoms with van der Waals surface area (Å²) in [4.78, 5) is 4.20. The van der Waals surface area contributed by atoms with E-state index in [1.54, 1.807) is 6.92 Å². The van der Waals surface area contributed by atoms with Gasteiger partial charge in [-0.3, -0.25) is 0 Å². The van der Waals surface area contributed by atoms with E-state index in [0.29, 0.717) is 6.54 Å². The fourth-order valence-corrected chi connectivity index (χ4v) is 3.45. The van der Waals surface area contributed by atoms with Crippen LogP contribution >= 0.6 is 0 Å². The molecule has 1 aliphatic rings. The van der Waals surface area contributed by atoms with Crippen molar-refractivity contribution in [3.05, 3.63) is 11.5 Å². The summed E-state index contributed by atoms with van der Waals surface area (Å²) in [6.45, 7) is 4.91. The van der Waals surface area contributed by atoms with E-state index < -0.39 is 10.0 Å². The molecule has 0 fully saturated rings. The van der Waals surface area contributed by atoms with E-state index in [9.17, 15) is 8.42 Å². The van der Waals surface area contributed by atoms with Gasteiger partial charge in [-0.05, 0) is 26.2 Å². The van der Waals surface area contributed by atoms with Gasteiger partial charge in [0, 0.05) is 13.1 Å². The van der Waals surface area contributed by atoms with E-state index in [-0.39, 0.29) is 5.03 Å². The zero-order chi connectivity index (χ0) is 11.8. The molecule has 0 aliphatic carbocycles. The average molecular weight is 243 g/mol. The molecule has 0 radical (unpaired) electrons. The van der Waals surface area contributed by atoms with E-state index in [1.807, 2.05) is 11.5 Å². The molecule has 1 aromatic heterocycles. The van der Waals surface area contributed by atoms with Crippen LogP contribution in [-0.4, -0.2) is 24.5 Å². The van der Waals surface area contributed by atoms with Crippen molar-refractivity contribution in [1.29, 1.82) is 0 Å². The monoisotopic (exact) mass is 243 g/mol. The van der Waals surface area contributed by atoms with Gasteiger partial charge < -0.3 is 4.57 Å². The van der Waals surface area contributed by atoms with Crippen LogP contribution < -0.4 is 4.72 Å². The minimum atomic E-state index is -3.41. The van der Waals surface area contributed by atoms with Gasteiger partial charge in [0.05, 0.1) is 5.69 Å². The van der Waals surface area contributed by atoms with Crippen molar-refractivity contribution in [2.75, 3.05) is 6.54 Å². The Morgan fingerprint density at radius 1 is 1.44 bits per heavy atom. The Labute approximate surface area is 95.9 Å². The maximum Gasteiger partial charge on any atom is 0.259 e. The van der Waals surface area contributed by atoms with Gasteiger partial charge in [-0.25, -0.2) is 18.1 Å². The van der Waals surface area contributed by atoms with Crippen LogP contribution in [0.2, 0.25) is 0 Å². The van der Waals surface area contributed by atoms with Crippen LogP contribution in [0.1, 0.15) is 31.3 Å². The maximum atomic E-state index is 11.9. The van der Waals surface area contributed by atoms with Crippen molar-refractivity contribution >= 4 is 10.0 Å². The molecule has 1 aliphatic heterocycles. The first kappa shape index (κ1) is 11.6. The number of hydrogen-bond acceptors (Lipinski definition) is 3. The van der Waals surface area contributed by atoms with E-state index >= 15 is 0 Å². The van der Waals surface area contributed by atoms with Crippen LogP contribution in [0.5, 0.6) is 0 Å². The first-order valence-electron chi connectivity index (χ1n) is 5.62. The topological polar surface area (TPSA) is 64.0 Å². The highest BCUT2D eigenvalue weighted by Crippen LogP contribution is 2.23. The van der Waals surface area contributed by atoms with Crippen LogP contribution in [0.25, 0.3) is 0 Å². The average Bonchev–Trinajstić information content (AvgIpc) is 2.58. The number of nitrogens with one attached hydrogen (secondary N) is 1. The minimum absolute atomic E-state index is 0.228.